The molecule has 0 amide bonds. The molecule has 0 aliphatic carbocycles. The highest BCUT2D eigenvalue weighted by molar-refractivity contribution is 7.89. The molecule has 2 unspecified atom stereocenters. The van der Waals surface area contributed by atoms with Crippen molar-refractivity contribution in [2.45, 2.75) is 57.0 Å². The summed E-state index contributed by atoms with van der Waals surface area (Å²) in [6, 6.07) is 5.78. The molecule has 6 heteroatoms. The molecule has 1 heterocycles. The molecule has 1 saturated heterocycles. The number of nitrogens with two attached hydrogens (primary N) is 1. The van der Waals surface area contributed by atoms with Crippen LogP contribution in [0.25, 0.3) is 0 Å². The third-order valence-electron chi connectivity index (χ3n) is 4.18. The lowest BCUT2D eigenvalue weighted by Crippen LogP contribution is -2.35. The summed E-state index contributed by atoms with van der Waals surface area (Å²) in [6.45, 7) is 6.47. The molecule has 1 aliphatic heterocycles. The van der Waals surface area contributed by atoms with E-state index in [-0.39, 0.29) is 4.90 Å². The normalized spacial score (nSPS) is 22.7. The standard InChI is InChI=1S/C15H25N3O2S/c1-4-12-7-6-11(3)18(12)15-10-13(8-9-14(15)16)21(19,20)17-5-2/h8-12,17H,4-7,16H2,1-3H3. The van der Waals surface area contributed by atoms with E-state index in [2.05, 4.69) is 23.5 Å². The van der Waals surface area contributed by atoms with Crippen molar-refractivity contribution in [2.75, 3.05) is 17.2 Å². The third-order valence-corrected chi connectivity index (χ3v) is 5.73. The number of nitrogens with one attached hydrogen (secondary N) is 1. The van der Waals surface area contributed by atoms with Gasteiger partial charge in [-0.15, -0.1) is 0 Å². The van der Waals surface area contributed by atoms with Crippen LogP contribution < -0.4 is 15.4 Å². The Labute approximate surface area is 127 Å². The Morgan fingerprint density at radius 2 is 2.05 bits per heavy atom. The van der Waals surface area contributed by atoms with E-state index in [1.165, 1.54) is 0 Å². The average Bonchev–Trinajstić information content (AvgIpc) is 2.80. The zero-order chi connectivity index (χ0) is 15.6. The monoisotopic (exact) mass is 311 g/mol. The number of hydrogen-bond donors (Lipinski definition) is 2. The van der Waals surface area contributed by atoms with E-state index in [0.717, 1.165) is 24.9 Å². The second-order valence-electron chi connectivity index (χ2n) is 5.62. The Hall–Kier alpha value is -1.27. The van der Waals surface area contributed by atoms with Crippen molar-refractivity contribution in [1.29, 1.82) is 0 Å². The fourth-order valence-corrected chi connectivity index (χ4v) is 4.15. The maximum absolute atomic E-state index is 12.2. The minimum Gasteiger partial charge on any atom is -0.397 e. The first-order chi connectivity index (χ1) is 9.90. The molecule has 1 aromatic rings. The van der Waals surface area contributed by atoms with Crippen molar-refractivity contribution in [3.05, 3.63) is 18.2 Å². The van der Waals surface area contributed by atoms with Gasteiger partial charge in [0.2, 0.25) is 10.0 Å². The van der Waals surface area contributed by atoms with E-state index in [1.807, 2.05) is 0 Å². The Bertz CT molecular complexity index is 601. The first-order valence-corrected chi connectivity index (χ1v) is 9.06. The lowest BCUT2D eigenvalue weighted by atomic mass is 10.1. The van der Waals surface area contributed by atoms with Gasteiger partial charge in [0.05, 0.1) is 16.3 Å². The van der Waals surface area contributed by atoms with Crippen LogP contribution >= 0.6 is 0 Å². The van der Waals surface area contributed by atoms with Gasteiger partial charge in [-0.1, -0.05) is 13.8 Å². The van der Waals surface area contributed by atoms with Gasteiger partial charge in [0, 0.05) is 18.6 Å². The Morgan fingerprint density at radius 1 is 1.33 bits per heavy atom. The van der Waals surface area contributed by atoms with Crippen LogP contribution in [0, 0.1) is 0 Å². The molecule has 0 saturated carbocycles. The largest absolute Gasteiger partial charge is 0.397 e. The number of rotatable bonds is 5. The number of sulfonamides is 1. The molecule has 5 nitrogen and oxygen atoms in total. The maximum atomic E-state index is 12.2. The summed E-state index contributed by atoms with van der Waals surface area (Å²) < 4.78 is 26.9. The molecule has 0 spiro atoms. The SMILES string of the molecule is CCNS(=O)(=O)c1ccc(N)c(N2C(C)CCC2CC)c1. The van der Waals surface area contributed by atoms with Crippen LogP contribution in [0.4, 0.5) is 11.4 Å². The van der Waals surface area contributed by atoms with Crippen molar-refractivity contribution in [3.8, 4) is 0 Å². The summed E-state index contributed by atoms with van der Waals surface area (Å²) in [5.41, 5.74) is 7.58. The van der Waals surface area contributed by atoms with Crippen LogP contribution in [0.2, 0.25) is 0 Å². The molecule has 21 heavy (non-hydrogen) atoms. The first kappa shape index (κ1) is 16.1. The summed E-state index contributed by atoms with van der Waals surface area (Å²) in [5.74, 6) is 0. The Morgan fingerprint density at radius 3 is 2.67 bits per heavy atom. The van der Waals surface area contributed by atoms with Crippen LogP contribution in [0.15, 0.2) is 23.1 Å². The highest BCUT2D eigenvalue weighted by atomic mass is 32.2. The fourth-order valence-electron chi connectivity index (χ4n) is 3.09. The predicted octanol–water partition coefficient (Wildman–Crippen LogP) is 2.33. The lowest BCUT2D eigenvalue weighted by Gasteiger charge is -2.31. The zero-order valence-electron chi connectivity index (χ0n) is 13.0. The van der Waals surface area contributed by atoms with Gasteiger partial charge < -0.3 is 10.6 Å². The second-order valence-corrected chi connectivity index (χ2v) is 7.38. The smallest absolute Gasteiger partial charge is 0.240 e. The topological polar surface area (TPSA) is 75.4 Å². The summed E-state index contributed by atoms with van der Waals surface area (Å²) in [7, 11) is -3.45. The molecule has 0 bridgehead atoms. The molecule has 1 fully saturated rings. The van der Waals surface area contributed by atoms with Crippen LogP contribution in [0.3, 0.4) is 0 Å². The number of nitrogen functional groups attached to an aromatic ring is 1. The van der Waals surface area contributed by atoms with E-state index in [4.69, 9.17) is 5.73 Å². The summed E-state index contributed by atoms with van der Waals surface area (Å²) in [4.78, 5) is 2.56. The van der Waals surface area contributed by atoms with Gasteiger partial charge in [-0.3, -0.25) is 0 Å². The molecule has 3 N–H and O–H groups in total. The van der Waals surface area contributed by atoms with Gasteiger partial charge >= 0.3 is 0 Å². The van der Waals surface area contributed by atoms with E-state index in [0.29, 0.717) is 24.3 Å². The van der Waals surface area contributed by atoms with Gasteiger partial charge in [0.1, 0.15) is 0 Å². The highest BCUT2D eigenvalue weighted by Crippen LogP contribution is 2.36. The van der Waals surface area contributed by atoms with E-state index >= 15 is 0 Å². The highest BCUT2D eigenvalue weighted by Gasteiger charge is 2.31. The van der Waals surface area contributed by atoms with Crippen LogP contribution in [-0.4, -0.2) is 27.0 Å². The van der Waals surface area contributed by atoms with Crippen molar-refractivity contribution in [3.63, 3.8) is 0 Å². The van der Waals surface area contributed by atoms with Gasteiger partial charge in [-0.2, -0.15) is 0 Å². The molecule has 0 radical (unpaired) electrons. The van der Waals surface area contributed by atoms with Crippen molar-refractivity contribution >= 4 is 21.4 Å². The van der Waals surface area contributed by atoms with Gasteiger partial charge in [0.25, 0.3) is 0 Å². The van der Waals surface area contributed by atoms with E-state index < -0.39 is 10.0 Å². The molecular weight excluding hydrogens is 286 g/mol. The minimum atomic E-state index is -3.45. The number of anilines is 2. The summed E-state index contributed by atoms with van der Waals surface area (Å²) >= 11 is 0. The minimum absolute atomic E-state index is 0.280. The molecule has 1 aliphatic rings. The van der Waals surface area contributed by atoms with E-state index in [1.54, 1.807) is 25.1 Å². The van der Waals surface area contributed by atoms with Crippen molar-refractivity contribution < 1.29 is 8.42 Å². The zero-order valence-corrected chi connectivity index (χ0v) is 13.8. The molecule has 2 atom stereocenters. The van der Waals surface area contributed by atoms with Gasteiger partial charge in [0.15, 0.2) is 0 Å². The van der Waals surface area contributed by atoms with Gasteiger partial charge in [-0.05, 0) is 44.4 Å². The Kier molecular flexibility index (Phi) is 4.78. The van der Waals surface area contributed by atoms with Crippen LogP contribution in [0.1, 0.15) is 40.0 Å². The van der Waals surface area contributed by atoms with Gasteiger partial charge in [-0.25, -0.2) is 13.1 Å². The number of nitrogens with zero attached hydrogens (tertiary/aromatic N) is 1. The van der Waals surface area contributed by atoms with Crippen molar-refractivity contribution in [2.24, 2.45) is 0 Å². The third kappa shape index (κ3) is 3.16. The predicted molar refractivity (Wildman–Crippen MR) is 87.0 cm³/mol. The number of hydrogen-bond acceptors (Lipinski definition) is 4. The summed E-state index contributed by atoms with van der Waals surface area (Å²) in [6.07, 6.45) is 3.28. The number of benzene rings is 1. The first-order valence-electron chi connectivity index (χ1n) is 7.58. The molecule has 0 aromatic heterocycles. The second kappa shape index (κ2) is 6.23. The fraction of sp³-hybridized carbons (Fsp3) is 0.600. The molecular formula is C15H25N3O2S. The summed E-state index contributed by atoms with van der Waals surface area (Å²) in [5, 5.41) is 0. The molecule has 2 rings (SSSR count). The van der Waals surface area contributed by atoms with Crippen molar-refractivity contribution in [1.82, 2.24) is 4.72 Å². The quantitative estimate of drug-likeness (QED) is 0.818. The van der Waals surface area contributed by atoms with E-state index in [9.17, 15) is 8.42 Å². The maximum Gasteiger partial charge on any atom is 0.240 e. The Balaban J connectivity index is 2.45. The van der Waals surface area contributed by atoms with Crippen LogP contribution in [-0.2, 0) is 10.0 Å². The average molecular weight is 311 g/mol. The van der Waals surface area contributed by atoms with Crippen LogP contribution in [0.5, 0.6) is 0 Å². The molecule has 1 aromatic carbocycles. The molecule has 118 valence electrons. The lowest BCUT2D eigenvalue weighted by molar-refractivity contribution is 0.583.